The second-order valence-electron chi connectivity index (χ2n) is 4.64. The Morgan fingerprint density at radius 1 is 1.44 bits per heavy atom. The van der Waals surface area contributed by atoms with Crippen molar-refractivity contribution < 1.29 is 13.5 Å². The van der Waals surface area contributed by atoms with Crippen molar-refractivity contribution in [2.45, 2.75) is 17.7 Å². The van der Waals surface area contributed by atoms with Gasteiger partial charge in [-0.2, -0.15) is 0 Å². The van der Waals surface area contributed by atoms with Crippen molar-refractivity contribution in [3.63, 3.8) is 0 Å². The predicted molar refractivity (Wildman–Crippen MR) is 69.8 cm³/mol. The molecule has 1 fully saturated rings. The number of hydrogen-bond donors (Lipinski definition) is 3. The van der Waals surface area contributed by atoms with E-state index in [-0.39, 0.29) is 34.2 Å². The van der Waals surface area contributed by atoms with Crippen molar-refractivity contribution >= 4 is 27.3 Å². The lowest BCUT2D eigenvalue weighted by Gasteiger charge is -2.14. The molecule has 0 aliphatic heterocycles. The maximum Gasteiger partial charge on any atom is 0.244 e. The zero-order valence-corrected chi connectivity index (χ0v) is 11.3. The van der Waals surface area contributed by atoms with Crippen molar-refractivity contribution in [2.75, 3.05) is 18.9 Å². The largest absolute Gasteiger partial charge is 0.398 e. The first-order valence-corrected chi connectivity index (χ1v) is 7.41. The molecule has 1 aliphatic carbocycles. The summed E-state index contributed by atoms with van der Waals surface area (Å²) < 4.78 is 26.7. The van der Waals surface area contributed by atoms with Crippen molar-refractivity contribution in [2.24, 2.45) is 5.41 Å². The SMILES string of the molecule is Nc1cccc(Cl)c1S(=O)(=O)NCC1(CO)CC1. The van der Waals surface area contributed by atoms with Gasteiger partial charge in [0.05, 0.1) is 10.7 Å². The summed E-state index contributed by atoms with van der Waals surface area (Å²) >= 11 is 5.86. The zero-order valence-electron chi connectivity index (χ0n) is 9.69. The van der Waals surface area contributed by atoms with E-state index in [0.717, 1.165) is 12.8 Å². The highest BCUT2D eigenvalue weighted by atomic mass is 35.5. The van der Waals surface area contributed by atoms with Crippen molar-refractivity contribution in [3.8, 4) is 0 Å². The van der Waals surface area contributed by atoms with E-state index in [1.807, 2.05) is 0 Å². The van der Waals surface area contributed by atoms with Gasteiger partial charge >= 0.3 is 0 Å². The lowest BCUT2D eigenvalue weighted by Crippen LogP contribution is -2.32. The van der Waals surface area contributed by atoms with Crippen molar-refractivity contribution in [3.05, 3.63) is 23.2 Å². The molecular formula is C11H15ClN2O3S. The van der Waals surface area contributed by atoms with Crippen LogP contribution in [0.3, 0.4) is 0 Å². The second kappa shape index (κ2) is 4.70. The molecule has 1 saturated carbocycles. The molecule has 0 bridgehead atoms. The average molecular weight is 291 g/mol. The van der Waals surface area contributed by atoms with Gasteiger partial charge in [-0.1, -0.05) is 17.7 Å². The van der Waals surface area contributed by atoms with Gasteiger partial charge in [0.2, 0.25) is 10.0 Å². The lowest BCUT2D eigenvalue weighted by molar-refractivity contribution is 0.213. The van der Waals surface area contributed by atoms with Crippen LogP contribution in [0.1, 0.15) is 12.8 Å². The van der Waals surface area contributed by atoms with Gasteiger partial charge in [-0.05, 0) is 25.0 Å². The monoisotopic (exact) mass is 290 g/mol. The number of nitrogens with one attached hydrogen (secondary N) is 1. The molecule has 5 nitrogen and oxygen atoms in total. The highest BCUT2D eigenvalue weighted by Crippen LogP contribution is 2.44. The molecule has 0 atom stereocenters. The van der Waals surface area contributed by atoms with E-state index in [9.17, 15) is 8.42 Å². The standard InChI is InChI=1S/C11H15ClN2O3S/c12-8-2-1-3-9(13)10(8)18(16,17)14-6-11(7-15)4-5-11/h1-3,14-15H,4-7,13H2. The molecule has 0 aromatic heterocycles. The molecule has 7 heteroatoms. The van der Waals surface area contributed by atoms with Crippen LogP contribution < -0.4 is 10.5 Å². The van der Waals surface area contributed by atoms with Crippen LogP contribution in [0.15, 0.2) is 23.1 Å². The highest BCUT2D eigenvalue weighted by Gasteiger charge is 2.42. The van der Waals surface area contributed by atoms with E-state index in [0.29, 0.717) is 0 Å². The fourth-order valence-corrected chi connectivity index (χ4v) is 3.53. The number of halogens is 1. The number of sulfonamides is 1. The summed E-state index contributed by atoms with van der Waals surface area (Å²) in [5, 5.41) is 9.24. The molecule has 100 valence electrons. The first-order valence-electron chi connectivity index (χ1n) is 5.55. The summed E-state index contributed by atoms with van der Waals surface area (Å²) in [6.45, 7) is 0.185. The van der Waals surface area contributed by atoms with Crippen LogP contribution in [0, 0.1) is 5.41 Å². The van der Waals surface area contributed by atoms with Crippen LogP contribution in [-0.2, 0) is 10.0 Å². The quantitative estimate of drug-likeness (QED) is 0.705. The molecule has 18 heavy (non-hydrogen) atoms. The minimum absolute atomic E-state index is 0.0203. The summed E-state index contributed by atoms with van der Waals surface area (Å²) in [6, 6.07) is 4.55. The van der Waals surface area contributed by atoms with Gasteiger partial charge in [-0.25, -0.2) is 13.1 Å². The van der Waals surface area contributed by atoms with Crippen molar-refractivity contribution in [1.82, 2.24) is 4.72 Å². The van der Waals surface area contributed by atoms with Crippen LogP contribution in [0.5, 0.6) is 0 Å². The maximum atomic E-state index is 12.1. The normalized spacial score (nSPS) is 17.7. The van der Waals surface area contributed by atoms with Crippen LogP contribution in [0.25, 0.3) is 0 Å². The lowest BCUT2D eigenvalue weighted by atomic mass is 10.1. The summed E-state index contributed by atoms with van der Waals surface area (Å²) in [4.78, 5) is -0.0968. The van der Waals surface area contributed by atoms with E-state index in [4.69, 9.17) is 22.4 Å². The summed E-state index contributed by atoms with van der Waals surface area (Å²) in [5.41, 5.74) is 5.45. The Balaban J connectivity index is 2.21. The first-order chi connectivity index (χ1) is 8.40. The van der Waals surface area contributed by atoms with Crippen LogP contribution >= 0.6 is 11.6 Å². The average Bonchev–Trinajstić information content (AvgIpc) is 3.07. The molecule has 0 radical (unpaired) electrons. The minimum Gasteiger partial charge on any atom is -0.398 e. The Hall–Kier alpha value is -0.820. The molecular weight excluding hydrogens is 276 g/mol. The minimum atomic E-state index is -3.74. The molecule has 0 spiro atoms. The highest BCUT2D eigenvalue weighted by molar-refractivity contribution is 7.89. The molecule has 1 aromatic carbocycles. The van der Waals surface area contributed by atoms with E-state index in [2.05, 4.69) is 4.72 Å². The van der Waals surface area contributed by atoms with Gasteiger partial charge in [0, 0.05) is 18.6 Å². The topological polar surface area (TPSA) is 92.4 Å². The number of anilines is 1. The number of rotatable bonds is 5. The number of nitrogens with two attached hydrogens (primary N) is 1. The number of hydrogen-bond acceptors (Lipinski definition) is 4. The van der Waals surface area contributed by atoms with E-state index >= 15 is 0 Å². The van der Waals surface area contributed by atoms with Gasteiger partial charge in [0.15, 0.2) is 0 Å². The van der Waals surface area contributed by atoms with Gasteiger partial charge in [0.1, 0.15) is 4.90 Å². The molecule has 0 saturated heterocycles. The summed E-state index contributed by atoms with van der Waals surface area (Å²) in [7, 11) is -3.74. The molecule has 4 N–H and O–H groups in total. The van der Waals surface area contributed by atoms with Crippen LogP contribution in [0.4, 0.5) is 5.69 Å². The van der Waals surface area contributed by atoms with E-state index in [1.54, 1.807) is 6.07 Å². The van der Waals surface area contributed by atoms with Crippen LogP contribution in [-0.4, -0.2) is 26.7 Å². The third-order valence-corrected chi connectivity index (χ3v) is 5.14. The van der Waals surface area contributed by atoms with Crippen molar-refractivity contribution in [1.29, 1.82) is 0 Å². The zero-order chi connectivity index (χ0) is 13.4. The summed E-state index contributed by atoms with van der Waals surface area (Å²) in [6.07, 6.45) is 1.65. The smallest absolute Gasteiger partial charge is 0.244 e. The molecule has 1 aliphatic rings. The van der Waals surface area contributed by atoms with Gasteiger partial charge in [-0.3, -0.25) is 0 Å². The maximum absolute atomic E-state index is 12.1. The number of benzene rings is 1. The fourth-order valence-electron chi connectivity index (χ4n) is 1.70. The predicted octanol–water partition coefficient (Wildman–Crippen LogP) is 0.973. The second-order valence-corrected chi connectivity index (χ2v) is 6.75. The molecule has 2 rings (SSSR count). The van der Waals surface area contributed by atoms with Crippen LogP contribution in [0.2, 0.25) is 5.02 Å². The van der Waals surface area contributed by atoms with E-state index in [1.165, 1.54) is 12.1 Å². The van der Waals surface area contributed by atoms with Gasteiger partial charge < -0.3 is 10.8 Å². The number of nitrogen functional groups attached to an aromatic ring is 1. The Bertz CT molecular complexity index is 535. The molecule has 0 unspecified atom stereocenters. The van der Waals surface area contributed by atoms with Gasteiger partial charge in [0.25, 0.3) is 0 Å². The Kier molecular flexibility index (Phi) is 3.55. The molecule has 0 heterocycles. The third kappa shape index (κ3) is 2.61. The van der Waals surface area contributed by atoms with E-state index < -0.39 is 10.0 Å². The molecule has 1 aromatic rings. The third-order valence-electron chi connectivity index (χ3n) is 3.20. The Morgan fingerprint density at radius 2 is 2.11 bits per heavy atom. The fraction of sp³-hybridized carbons (Fsp3) is 0.455. The number of aliphatic hydroxyl groups is 1. The molecule has 0 amide bonds. The number of aliphatic hydroxyl groups excluding tert-OH is 1. The Morgan fingerprint density at radius 3 is 2.61 bits per heavy atom. The first kappa shape index (κ1) is 13.6. The Labute approximate surface area is 111 Å². The van der Waals surface area contributed by atoms with Gasteiger partial charge in [-0.15, -0.1) is 0 Å². The summed E-state index contributed by atoms with van der Waals surface area (Å²) in [5.74, 6) is 0.